The van der Waals surface area contributed by atoms with Crippen molar-refractivity contribution in [3.63, 3.8) is 0 Å². The van der Waals surface area contributed by atoms with Gasteiger partial charge < -0.3 is 0 Å². The molecule has 19 heavy (non-hydrogen) atoms. The van der Waals surface area contributed by atoms with Crippen molar-refractivity contribution < 1.29 is 0 Å². The van der Waals surface area contributed by atoms with E-state index in [0.29, 0.717) is 6.04 Å². The second-order valence-corrected chi connectivity index (χ2v) is 5.62. The summed E-state index contributed by atoms with van der Waals surface area (Å²) in [6.45, 7) is 19.5. The molecule has 0 spiro atoms. The third-order valence-electron chi connectivity index (χ3n) is 3.44. The molecule has 1 aromatic heterocycles. The number of pyridine rings is 1. The van der Waals surface area contributed by atoms with E-state index < -0.39 is 0 Å². The second-order valence-electron chi connectivity index (χ2n) is 5.62. The van der Waals surface area contributed by atoms with Gasteiger partial charge in [-0.05, 0) is 43.1 Å². The number of nitrogens with zero attached hydrogens (tertiary/aromatic N) is 2. The van der Waals surface area contributed by atoms with Gasteiger partial charge >= 0.3 is 0 Å². The summed E-state index contributed by atoms with van der Waals surface area (Å²) in [5, 5.41) is 0. The highest BCUT2D eigenvalue weighted by molar-refractivity contribution is 5.24. The molecule has 0 amide bonds. The van der Waals surface area contributed by atoms with E-state index in [0.717, 1.165) is 13.1 Å². The molecule has 2 nitrogen and oxygen atoms in total. The topological polar surface area (TPSA) is 16.1 Å². The van der Waals surface area contributed by atoms with Crippen LogP contribution in [0.3, 0.4) is 0 Å². The van der Waals surface area contributed by atoms with Gasteiger partial charge in [0, 0.05) is 12.2 Å². The Kier molecular flexibility index (Phi) is 7.93. The summed E-state index contributed by atoms with van der Waals surface area (Å²) in [6.07, 6.45) is 1.94. The fourth-order valence-electron chi connectivity index (χ4n) is 2.10. The van der Waals surface area contributed by atoms with Gasteiger partial charge in [-0.3, -0.25) is 9.88 Å². The van der Waals surface area contributed by atoms with Crippen LogP contribution in [0.4, 0.5) is 0 Å². The lowest BCUT2D eigenvalue weighted by molar-refractivity contribution is 0.230. The maximum absolute atomic E-state index is 4.53. The van der Waals surface area contributed by atoms with Gasteiger partial charge in [-0.15, -0.1) is 0 Å². The molecule has 0 aromatic carbocycles. The van der Waals surface area contributed by atoms with E-state index >= 15 is 0 Å². The zero-order valence-corrected chi connectivity index (χ0v) is 14.1. The van der Waals surface area contributed by atoms with Crippen molar-refractivity contribution in [2.75, 3.05) is 13.1 Å². The number of hydrogen-bond donors (Lipinski definition) is 0. The standard InChI is InChI=1S/C15H26N2.C2H6/c1-7-17(8-2)12(3)14-11-13(9-10-16-14)15(4,5)6;1-2/h9-12H,7-8H2,1-6H3;1-2H3. The summed E-state index contributed by atoms with van der Waals surface area (Å²) >= 11 is 0. The molecular formula is C17H32N2. The Bertz CT molecular complexity index is 349. The van der Waals surface area contributed by atoms with Crippen LogP contribution in [-0.4, -0.2) is 23.0 Å². The summed E-state index contributed by atoms with van der Waals surface area (Å²) in [5.74, 6) is 0. The van der Waals surface area contributed by atoms with Crippen molar-refractivity contribution in [3.8, 4) is 0 Å². The molecule has 0 fully saturated rings. The molecule has 0 saturated heterocycles. The molecule has 110 valence electrons. The quantitative estimate of drug-likeness (QED) is 0.776. The third kappa shape index (κ3) is 5.32. The van der Waals surface area contributed by atoms with Gasteiger partial charge in [0.25, 0.3) is 0 Å². The molecule has 2 heteroatoms. The van der Waals surface area contributed by atoms with Gasteiger partial charge in [-0.1, -0.05) is 48.5 Å². The SMILES string of the molecule is CC.CCN(CC)C(C)c1cc(C(C)(C)C)ccn1. The molecule has 0 bridgehead atoms. The monoisotopic (exact) mass is 264 g/mol. The van der Waals surface area contributed by atoms with Crippen LogP contribution in [0, 0.1) is 0 Å². The predicted molar refractivity (Wildman–Crippen MR) is 85.6 cm³/mol. The second kappa shape index (κ2) is 8.31. The minimum atomic E-state index is 0.195. The van der Waals surface area contributed by atoms with Gasteiger partial charge in [0.05, 0.1) is 5.69 Å². The molecule has 0 aliphatic heterocycles. The van der Waals surface area contributed by atoms with Crippen LogP contribution < -0.4 is 0 Å². The van der Waals surface area contributed by atoms with Crippen molar-refractivity contribution in [2.45, 2.75) is 66.8 Å². The van der Waals surface area contributed by atoms with Crippen LogP contribution in [0.5, 0.6) is 0 Å². The lowest BCUT2D eigenvalue weighted by Gasteiger charge is -2.27. The zero-order valence-electron chi connectivity index (χ0n) is 14.1. The Labute approximate surface area is 120 Å². The van der Waals surface area contributed by atoms with Crippen LogP contribution in [0.1, 0.15) is 72.7 Å². The van der Waals surface area contributed by atoms with Crippen LogP contribution in [0.2, 0.25) is 0 Å². The molecule has 1 rings (SSSR count). The van der Waals surface area contributed by atoms with Crippen molar-refractivity contribution in [1.82, 2.24) is 9.88 Å². The first-order valence-corrected chi connectivity index (χ1v) is 7.60. The van der Waals surface area contributed by atoms with E-state index in [1.165, 1.54) is 11.3 Å². The first-order chi connectivity index (χ1) is 8.90. The smallest absolute Gasteiger partial charge is 0.0575 e. The van der Waals surface area contributed by atoms with E-state index in [9.17, 15) is 0 Å². The largest absolute Gasteiger partial charge is 0.296 e. The van der Waals surface area contributed by atoms with Crippen LogP contribution in [0.25, 0.3) is 0 Å². The highest BCUT2D eigenvalue weighted by Crippen LogP contribution is 2.25. The van der Waals surface area contributed by atoms with Crippen LogP contribution in [-0.2, 0) is 5.41 Å². The van der Waals surface area contributed by atoms with Crippen LogP contribution in [0.15, 0.2) is 18.3 Å². The van der Waals surface area contributed by atoms with Gasteiger partial charge in [0.2, 0.25) is 0 Å². The van der Waals surface area contributed by atoms with E-state index in [2.05, 4.69) is 63.6 Å². The van der Waals surface area contributed by atoms with Crippen molar-refractivity contribution >= 4 is 0 Å². The molecule has 1 atom stereocenters. The van der Waals surface area contributed by atoms with E-state index in [1.54, 1.807) is 0 Å². The van der Waals surface area contributed by atoms with Crippen LogP contribution >= 0.6 is 0 Å². The Hall–Kier alpha value is -0.890. The minimum Gasteiger partial charge on any atom is -0.296 e. The Balaban J connectivity index is 0.00000154. The number of hydrogen-bond acceptors (Lipinski definition) is 2. The predicted octanol–water partition coefficient (Wildman–Crippen LogP) is 4.81. The normalized spacial score (nSPS) is 12.9. The Morgan fingerprint density at radius 2 is 1.68 bits per heavy atom. The highest BCUT2D eigenvalue weighted by Gasteiger charge is 2.18. The van der Waals surface area contributed by atoms with Gasteiger partial charge in [0.15, 0.2) is 0 Å². The maximum atomic E-state index is 4.53. The van der Waals surface area contributed by atoms with Gasteiger partial charge in [-0.2, -0.15) is 0 Å². The molecule has 0 N–H and O–H groups in total. The highest BCUT2D eigenvalue weighted by atomic mass is 15.1. The fraction of sp³-hybridized carbons (Fsp3) is 0.706. The molecular weight excluding hydrogens is 232 g/mol. The molecule has 1 unspecified atom stereocenters. The lowest BCUT2D eigenvalue weighted by Crippen LogP contribution is -2.27. The average Bonchev–Trinajstić information content (AvgIpc) is 2.41. The minimum absolute atomic E-state index is 0.195. The first kappa shape index (κ1) is 18.1. The Morgan fingerprint density at radius 3 is 2.11 bits per heavy atom. The summed E-state index contributed by atoms with van der Waals surface area (Å²) in [7, 11) is 0. The molecule has 0 saturated carbocycles. The average molecular weight is 264 g/mol. The summed E-state index contributed by atoms with van der Waals surface area (Å²) in [5.41, 5.74) is 2.74. The van der Waals surface area contributed by atoms with E-state index in [1.807, 2.05) is 20.0 Å². The molecule has 0 aliphatic rings. The number of rotatable bonds is 4. The third-order valence-corrected chi connectivity index (χ3v) is 3.44. The molecule has 0 radical (unpaired) electrons. The Morgan fingerprint density at radius 1 is 1.16 bits per heavy atom. The summed E-state index contributed by atoms with van der Waals surface area (Å²) < 4.78 is 0. The van der Waals surface area contributed by atoms with Crippen molar-refractivity contribution in [2.24, 2.45) is 0 Å². The van der Waals surface area contributed by atoms with E-state index in [-0.39, 0.29) is 5.41 Å². The lowest BCUT2D eigenvalue weighted by atomic mass is 9.87. The fourth-order valence-corrected chi connectivity index (χ4v) is 2.10. The van der Waals surface area contributed by atoms with Gasteiger partial charge in [0.1, 0.15) is 0 Å². The maximum Gasteiger partial charge on any atom is 0.0575 e. The molecule has 0 aliphatic carbocycles. The zero-order chi connectivity index (χ0) is 15.1. The first-order valence-electron chi connectivity index (χ1n) is 7.60. The van der Waals surface area contributed by atoms with Crippen molar-refractivity contribution in [1.29, 1.82) is 0 Å². The summed E-state index contributed by atoms with van der Waals surface area (Å²) in [6, 6.07) is 4.77. The summed E-state index contributed by atoms with van der Waals surface area (Å²) in [4.78, 5) is 6.95. The van der Waals surface area contributed by atoms with E-state index in [4.69, 9.17) is 0 Å². The van der Waals surface area contributed by atoms with Gasteiger partial charge in [-0.25, -0.2) is 0 Å². The molecule has 1 aromatic rings. The molecule has 1 heterocycles. The number of aromatic nitrogens is 1. The van der Waals surface area contributed by atoms with Crippen molar-refractivity contribution in [3.05, 3.63) is 29.6 Å².